The van der Waals surface area contributed by atoms with E-state index in [1.165, 1.54) is 6.08 Å². The predicted octanol–water partition coefficient (Wildman–Crippen LogP) is 4.67. The molecule has 3 aromatic rings. The molecule has 0 radical (unpaired) electrons. The zero-order chi connectivity index (χ0) is 14.8. The molecule has 0 amide bonds. The van der Waals surface area contributed by atoms with Crippen LogP contribution in [0, 0.1) is 0 Å². The first-order valence-electron chi connectivity index (χ1n) is 6.40. The number of ketones is 1. The molecule has 3 nitrogen and oxygen atoms in total. The van der Waals surface area contributed by atoms with Gasteiger partial charge in [0.15, 0.2) is 5.76 Å². The van der Waals surface area contributed by atoms with Crippen molar-refractivity contribution in [2.45, 2.75) is 0 Å². The highest BCUT2D eigenvalue weighted by molar-refractivity contribution is 9.10. The van der Waals surface area contributed by atoms with Crippen LogP contribution in [0.25, 0.3) is 17.0 Å². The summed E-state index contributed by atoms with van der Waals surface area (Å²) in [6.45, 7) is 0. The first-order chi connectivity index (χ1) is 10.1. The van der Waals surface area contributed by atoms with Crippen molar-refractivity contribution < 1.29 is 9.21 Å². The van der Waals surface area contributed by atoms with Crippen molar-refractivity contribution in [1.29, 1.82) is 0 Å². The Labute approximate surface area is 130 Å². The van der Waals surface area contributed by atoms with Gasteiger partial charge in [0.2, 0.25) is 5.78 Å². The molecular formula is C17H12BrNO2. The van der Waals surface area contributed by atoms with Gasteiger partial charge in [-0.25, -0.2) is 0 Å². The minimum Gasteiger partial charge on any atom is -0.450 e. The Morgan fingerprint density at radius 2 is 1.90 bits per heavy atom. The summed E-state index contributed by atoms with van der Waals surface area (Å²) in [5.41, 5.74) is 7.93. The lowest BCUT2D eigenvalue weighted by molar-refractivity contribution is 0.102. The molecule has 0 fully saturated rings. The number of allylic oxidation sites excluding steroid dienone is 1. The van der Waals surface area contributed by atoms with E-state index in [1.807, 2.05) is 42.5 Å². The molecule has 0 atom stereocenters. The molecule has 0 aliphatic heterocycles. The number of hydrogen-bond acceptors (Lipinski definition) is 3. The minimum atomic E-state index is -0.247. The van der Waals surface area contributed by atoms with Crippen LogP contribution >= 0.6 is 15.9 Å². The summed E-state index contributed by atoms with van der Waals surface area (Å²) in [4.78, 5) is 12.2. The lowest BCUT2D eigenvalue weighted by Crippen LogP contribution is -1.97. The monoisotopic (exact) mass is 341 g/mol. The quantitative estimate of drug-likeness (QED) is 0.556. The van der Waals surface area contributed by atoms with E-state index in [1.54, 1.807) is 12.1 Å². The van der Waals surface area contributed by atoms with Crippen molar-refractivity contribution in [3.05, 3.63) is 70.4 Å². The predicted molar refractivity (Wildman–Crippen MR) is 88.1 cm³/mol. The number of nitrogen functional groups attached to an aromatic ring is 1. The smallest absolute Gasteiger partial charge is 0.223 e. The normalized spacial score (nSPS) is 11.3. The number of anilines is 1. The summed E-state index contributed by atoms with van der Waals surface area (Å²) in [5.74, 6) is -0.0704. The highest BCUT2D eigenvalue weighted by Crippen LogP contribution is 2.31. The SMILES string of the molecule is Nc1c(C(=O)C=Cc2ccccc2)oc2ccc(Br)cc12. The molecule has 0 saturated carbocycles. The third-order valence-corrected chi connectivity index (χ3v) is 3.63. The van der Waals surface area contributed by atoms with E-state index in [-0.39, 0.29) is 11.5 Å². The maximum Gasteiger partial charge on any atom is 0.223 e. The standard InChI is InChI=1S/C17H12BrNO2/c18-12-7-9-15-13(10-12)16(19)17(21-15)14(20)8-6-11-4-2-1-3-5-11/h1-10H,19H2. The number of fused-ring (bicyclic) bond motifs is 1. The van der Waals surface area contributed by atoms with Crippen LogP contribution in [0.2, 0.25) is 0 Å². The number of hydrogen-bond donors (Lipinski definition) is 1. The summed E-state index contributed by atoms with van der Waals surface area (Å²) < 4.78 is 6.45. The van der Waals surface area contributed by atoms with Crippen molar-refractivity contribution in [3.63, 3.8) is 0 Å². The van der Waals surface area contributed by atoms with Gasteiger partial charge in [0.25, 0.3) is 0 Å². The Bertz CT molecular complexity index is 835. The Morgan fingerprint density at radius 1 is 1.14 bits per heavy atom. The van der Waals surface area contributed by atoms with E-state index < -0.39 is 0 Å². The van der Waals surface area contributed by atoms with E-state index >= 15 is 0 Å². The zero-order valence-electron chi connectivity index (χ0n) is 11.0. The van der Waals surface area contributed by atoms with Crippen molar-refractivity contribution in [3.8, 4) is 0 Å². The number of benzene rings is 2. The Balaban J connectivity index is 1.95. The number of nitrogens with two attached hydrogens (primary N) is 1. The zero-order valence-corrected chi connectivity index (χ0v) is 12.6. The first-order valence-corrected chi connectivity index (χ1v) is 7.19. The van der Waals surface area contributed by atoms with Crippen LogP contribution in [0.3, 0.4) is 0 Å². The molecule has 1 heterocycles. The van der Waals surface area contributed by atoms with Crippen LogP contribution in [0.1, 0.15) is 16.1 Å². The molecule has 2 aromatic carbocycles. The molecule has 0 unspecified atom stereocenters. The third-order valence-electron chi connectivity index (χ3n) is 3.14. The van der Waals surface area contributed by atoms with Crippen LogP contribution in [-0.2, 0) is 0 Å². The molecule has 0 bridgehead atoms. The highest BCUT2D eigenvalue weighted by Gasteiger charge is 2.16. The third kappa shape index (κ3) is 2.76. The van der Waals surface area contributed by atoms with Crippen LogP contribution in [0.15, 0.2) is 63.5 Å². The number of halogens is 1. The van der Waals surface area contributed by atoms with E-state index in [9.17, 15) is 4.79 Å². The second-order valence-corrected chi connectivity index (χ2v) is 5.51. The van der Waals surface area contributed by atoms with Crippen LogP contribution in [0.4, 0.5) is 5.69 Å². The van der Waals surface area contributed by atoms with Crippen molar-refractivity contribution in [2.24, 2.45) is 0 Å². The maximum absolute atomic E-state index is 12.2. The van der Waals surface area contributed by atoms with Crippen LogP contribution in [-0.4, -0.2) is 5.78 Å². The van der Waals surface area contributed by atoms with Gasteiger partial charge in [-0.2, -0.15) is 0 Å². The van der Waals surface area contributed by atoms with Gasteiger partial charge in [-0.05, 0) is 29.8 Å². The first kappa shape index (κ1) is 13.6. The lowest BCUT2D eigenvalue weighted by Gasteiger charge is -1.93. The average Bonchev–Trinajstić information content (AvgIpc) is 2.83. The van der Waals surface area contributed by atoms with Crippen molar-refractivity contribution in [1.82, 2.24) is 0 Å². The number of furan rings is 1. The largest absolute Gasteiger partial charge is 0.450 e. The maximum atomic E-state index is 12.2. The molecule has 0 spiro atoms. The second kappa shape index (κ2) is 5.58. The molecular weight excluding hydrogens is 330 g/mol. The Morgan fingerprint density at radius 3 is 2.67 bits per heavy atom. The van der Waals surface area contributed by atoms with Gasteiger partial charge in [-0.15, -0.1) is 0 Å². The summed E-state index contributed by atoms with van der Waals surface area (Å²) in [5, 5.41) is 0.737. The van der Waals surface area contributed by atoms with Gasteiger partial charge in [0.1, 0.15) is 5.58 Å². The second-order valence-electron chi connectivity index (χ2n) is 4.59. The number of carbonyl (C=O) groups excluding carboxylic acids is 1. The fraction of sp³-hybridized carbons (Fsp3) is 0. The molecule has 21 heavy (non-hydrogen) atoms. The van der Waals surface area contributed by atoms with E-state index in [2.05, 4.69) is 15.9 Å². The van der Waals surface area contributed by atoms with Crippen molar-refractivity contribution in [2.75, 3.05) is 5.73 Å². The van der Waals surface area contributed by atoms with Crippen LogP contribution in [0.5, 0.6) is 0 Å². The fourth-order valence-corrected chi connectivity index (χ4v) is 2.44. The molecule has 0 saturated heterocycles. The van der Waals surface area contributed by atoms with Crippen LogP contribution < -0.4 is 5.73 Å². The molecule has 4 heteroatoms. The molecule has 1 aromatic heterocycles. The topological polar surface area (TPSA) is 56.2 Å². The number of rotatable bonds is 3. The molecule has 2 N–H and O–H groups in total. The van der Waals surface area contributed by atoms with Gasteiger partial charge in [0.05, 0.1) is 5.69 Å². The van der Waals surface area contributed by atoms with E-state index in [0.717, 1.165) is 15.4 Å². The Hall–Kier alpha value is -2.33. The molecule has 104 valence electrons. The van der Waals surface area contributed by atoms with Gasteiger partial charge < -0.3 is 10.2 Å². The molecule has 3 rings (SSSR count). The summed E-state index contributed by atoms with van der Waals surface area (Å²) >= 11 is 3.38. The van der Waals surface area contributed by atoms with Gasteiger partial charge in [-0.3, -0.25) is 4.79 Å². The van der Waals surface area contributed by atoms with E-state index in [4.69, 9.17) is 10.2 Å². The van der Waals surface area contributed by atoms with Crippen molar-refractivity contribution >= 4 is 44.4 Å². The minimum absolute atomic E-state index is 0.176. The van der Waals surface area contributed by atoms with Gasteiger partial charge >= 0.3 is 0 Å². The summed E-state index contributed by atoms with van der Waals surface area (Å²) in [6.07, 6.45) is 3.21. The van der Waals surface area contributed by atoms with Gasteiger partial charge in [0, 0.05) is 9.86 Å². The lowest BCUT2D eigenvalue weighted by atomic mass is 10.1. The molecule has 0 aliphatic rings. The fourth-order valence-electron chi connectivity index (χ4n) is 2.08. The average molecular weight is 342 g/mol. The summed E-state index contributed by atoms with van der Waals surface area (Å²) in [6, 6.07) is 15.1. The highest BCUT2D eigenvalue weighted by atomic mass is 79.9. The van der Waals surface area contributed by atoms with E-state index in [0.29, 0.717) is 11.3 Å². The molecule has 0 aliphatic carbocycles. The number of carbonyl (C=O) groups is 1. The van der Waals surface area contributed by atoms with Gasteiger partial charge in [-0.1, -0.05) is 52.3 Å². The summed E-state index contributed by atoms with van der Waals surface area (Å²) in [7, 11) is 0. The Kier molecular flexibility index (Phi) is 3.62.